The number of anilines is 1. The van der Waals surface area contributed by atoms with Gasteiger partial charge in [0.25, 0.3) is 0 Å². The van der Waals surface area contributed by atoms with Crippen LogP contribution in [0.5, 0.6) is 5.75 Å². The van der Waals surface area contributed by atoms with Crippen LogP contribution >= 0.6 is 24.0 Å². The molecule has 2 aliphatic rings. The summed E-state index contributed by atoms with van der Waals surface area (Å²) < 4.78 is 17.5. The Bertz CT molecular complexity index is 682. The monoisotopic (exact) mass is 518 g/mol. The fourth-order valence-corrected chi connectivity index (χ4v) is 3.52. The lowest BCUT2D eigenvalue weighted by atomic mass is 10.1. The number of carbonyl (C=O) groups excluding carboxylic acids is 1. The van der Waals surface area contributed by atoms with Gasteiger partial charge in [-0.25, -0.2) is 0 Å². The van der Waals surface area contributed by atoms with Crippen molar-refractivity contribution in [2.24, 2.45) is 4.99 Å². The molecule has 9 heteroatoms. The molecular weight excluding hydrogens is 487 g/mol. The molecule has 2 fully saturated rings. The molecule has 1 aromatic carbocycles. The first kappa shape index (κ1) is 23.7. The fraction of sp³-hybridized carbons (Fsp3) is 0.600. The van der Waals surface area contributed by atoms with E-state index in [0.717, 1.165) is 44.2 Å². The molecule has 0 spiro atoms. The summed E-state index contributed by atoms with van der Waals surface area (Å²) in [4.78, 5) is 17.8. The summed E-state index contributed by atoms with van der Waals surface area (Å²) in [5.74, 6) is 1.46. The van der Waals surface area contributed by atoms with Crippen LogP contribution in [-0.4, -0.2) is 75.5 Å². The van der Waals surface area contributed by atoms with Crippen molar-refractivity contribution >= 4 is 41.5 Å². The molecule has 2 aliphatic heterocycles. The van der Waals surface area contributed by atoms with E-state index in [1.165, 1.54) is 6.92 Å². The lowest BCUT2D eigenvalue weighted by Crippen LogP contribution is -2.53. The van der Waals surface area contributed by atoms with E-state index in [2.05, 4.69) is 20.5 Å². The summed E-state index contributed by atoms with van der Waals surface area (Å²) in [7, 11) is 1.79. The van der Waals surface area contributed by atoms with Gasteiger partial charge in [-0.2, -0.15) is 0 Å². The Labute approximate surface area is 189 Å². The average molecular weight is 518 g/mol. The number of amides is 1. The highest BCUT2D eigenvalue weighted by Gasteiger charge is 2.32. The summed E-state index contributed by atoms with van der Waals surface area (Å²) in [6.45, 7) is 5.70. The van der Waals surface area contributed by atoms with E-state index in [-0.39, 0.29) is 42.1 Å². The van der Waals surface area contributed by atoms with E-state index in [0.29, 0.717) is 25.5 Å². The van der Waals surface area contributed by atoms with E-state index in [1.54, 1.807) is 7.05 Å². The molecule has 2 N–H and O–H groups in total. The molecule has 8 nitrogen and oxygen atoms in total. The van der Waals surface area contributed by atoms with Crippen LogP contribution in [0.15, 0.2) is 29.3 Å². The summed E-state index contributed by atoms with van der Waals surface area (Å²) in [6, 6.07) is 7.36. The Hall–Kier alpha value is -1.59. The number of ether oxygens (including phenoxy) is 3. The number of rotatable bonds is 6. The molecule has 2 unspecified atom stereocenters. The molecular formula is C20H31IN4O4. The van der Waals surface area contributed by atoms with Crippen LogP contribution in [0.3, 0.4) is 0 Å². The Morgan fingerprint density at radius 1 is 1.31 bits per heavy atom. The normalized spacial score (nSPS) is 22.0. The third-order valence-corrected chi connectivity index (χ3v) is 4.79. The van der Waals surface area contributed by atoms with Crippen LogP contribution in [0, 0.1) is 0 Å². The van der Waals surface area contributed by atoms with Crippen molar-refractivity contribution in [2.45, 2.75) is 32.0 Å². The van der Waals surface area contributed by atoms with Gasteiger partial charge in [-0.15, -0.1) is 24.0 Å². The van der Waals surface area contributed by atoms with Gasteiger partial charge < -0.3 is 29.7 Å². The van der Waals surface area contributed by atoms with E-state index in [1.807, 2.05) is 24.3 Å². The zero-order chi connectivity index (χ0) is 19.8. The maximum Gasteiger partial charge on any atom is 0.221 e. The minimum atomic E-state index is -0.102. The summed E-state index contributed by atoms with van der Waals surface area (Å²) >= 11 is 0. The van der Waals surface area contributed by atoms with E-state index >= 15 is 0 Å². The summed E-state index contributed by atoms with van der Waals surface area (Å²) in [6.07, 6.45) is 2.47. The molecule has 3 rings (SSSR count). The number of benzene rings is 1. The number of aliphatic imine (C=N–C) groups is 1. The summed E-state index contributed by atoms with van der Waals surface area (Å²) in [5.41, 5.74) is 0.724. The molecule has 29 heavy (non-hydrogen) atoms. The van der Waals surface area contributed by atoms with Crippen LogP contribution < -0.4 is 15.4 Å². The molecule has 162 valence electrons. The lowest BCUT2D eigenvalue weighted by molar-refractivity contribution is -0.114. The predicted octanol–water partition coefficient (Wildman–Crippen LogP) is 2.10. The molecule has 0 aliphatic carbocycles. The van der Waals surface area contributed by atoms with Crippen molar-refractivity contribution in [3.63, 3.8) is 0 Å². The zero-order valence-electron chi connectivity index (χ0n) is 17.1. The van der Waals surface area contributed by atoms with Crippen LogP contribution in [0.4, 0.5) is 5.69 Å². The van der Waals surface area contributed by atoms with E-state index in [9.17, 15) is 4.79 Å². The number of nitrogens with one attached hydrogen (secondary N) is 2. The van der Waals surface area contributed by atoms with Gasteiger partial charge in [-0.3, -0.25) is 9.79 Å². The van der Waals surface area contributed by atoms with Crippen molar-refractivity contribution in [3.8, 4) is 5.75 Å². The van der Waals surface area contributed by atoms with Crippen LogP contribution in [-0.2, 0) is 14.3 Å². The number of hydrogen-bond donors (Lipinski definition) is 2. The van der Waals surface area contributed by atoms with Crippen molar-refractivity contribution in [3.05, 3.63) is 24.3 Å². The Kier molecular flexibility index (Phi) is 9.95. The molecule has 2 heterocycles. The maximum atomic E-state index is 11.2. The quantitative estimate of drug-likeness (QED) is 0.260. The predicted molar refractivity (Wildman–Crippen MR) is 123 cm³/mol. The third-order valence-electron chi connectivity index (χ3n) is 4.79. The van der Waals surface area contributed by atoms with Gasteiger partial charge in [0.1, 0.15) is 18.5 Å². The average Bonchev–Trinajstić information content (AvgIpc) is 3.23. The second kappa shape index (κ2) is 12.2. The van der Waals surface area contributed by atoms with Gasteiger partial charge >= 0.3 is 0 Å². The third kappa shape index (κ3) is 7.31. The molecule has 2 saturated heterocycles. The van der Waals surface area contributed by atoms with E-state index < -0.39 is 0 Å². The van der Waals surface area contributed by atoms with Crippen molar-refractivity contribution < 1.29 is 19.0 Å². The van der Waals surface area contributed by atoms with Crippen LogP contribution in [0.1, 0.15) is 19.8 Å². The van der Waals surface area contributed by atoms with Gasteiger partial charge in [0, 0.05) is 45.4 Å². The first-order valence-electron chi connectivity index (χ1n) is 9.85. The van der Waals surface area contributed by atoms with Crippen LogP contribution in [0.25, 0.3) is 0 Å². The summed E-state index contributed by atoms with van der Waals surface area (Å²) in [5, 5.41) is 6.10. The van der Waals surface area contributed by atoms with Crippen molar-refractivity contribution in [1.29, 1.82) is 0 Å². The molecule has 0 saturated carbocycles. The minimum absolute atomic E-state index is 0. The number of hydrogen-bond acceptors (Lipinski definition) is 5. The van der Waals surface area contributed by atoms with Gasteiger partial charge in [0.05, 0.1) is 19.3 Å². The molecule has 1 amide bonds. The van der Waals surface area contributed by atoms with Gasteiger partial charge in [-0.1, -0.05) is 6.07 Å². The lowest BCUT2D eigenvalue weighted by Gasteiger charge is -2.37. The highest BCUT2D eigenvalue weighted by atomic mass is 127. The standard InChI is InChI=1S/C20H30N4O4.HI/c1-15(25)23-16-5-3-6-17(13-16)26-11-8-22-20(21-2)24-9-12-28-19(14-24)18-7-4-10-27-18;/h3,5-6,13,18-19H,4,7-12,14H2,1-2H3,(H,21,22)(H,23,25);1H. The molecule has 1 aromatic rings. The minimum Gasteiger partial charge on any atom is -0.492 e. The number of carbonyl (C=O) groups is 1. The number of halogens is 1. The van der Waals surface area contributed by atoms with Crippen molar-refractivity contribution in [2.75, 3.05) is 51.8 Å². The molecule has 0 bridgehead atoms. The second-order valence-corrected chi connectivity index (χ2v) is 6.94. The Balaban J connectivity index is 0.00000300. The molecule has 2 atom stereocenters. The first-order valence-corrected chi connectivity index (χ1v) is 9.85. The van der Waals surface area contributed by atoms with Gasteiger partial charge in [0.15, 0.2) is 5.96 Å². The van der Waals surface area contributed by atoms with Crippen molar-refractivity contribution in [1.82, 2.24) is 10.2 Å². The smallest absolute Gasteiger partial charge is 0.221 e. The van der Waals surface area contributed by atoms with E-state index in [4.69, 9.17) is 14.2 Å². The fourth-order valence-electron chi connectivity index (χ4n) is 3.52. The highest BCUT2D eigenvalue weighted by Crippen LogP contribution is 2.21. The second-order valence-electron chi connectivity index (χ2n) is 6.94. The Morgan fingerprint density at radius 3 is 2.86 bits per heavy atom. The number of morpholine rings is 1. The Morgan fingerprint density at radius 2 is 2.14 bits per heavy atom. The molecule has 0 aromatic heterocycles. The SMILES string of the molecule is CN=C(NCCOc1cccc(NC(C)=O)c1)N1CCOC(C2CCCO2)C1.I. The highest BCUT2D eigenvalue weighted by molar-refractivity contribution is 14.0. The largest absolute Gasteiger partial charge is 0.492 e. The first-order chi connectivity index (χ1) is 13.7. The maximum absolute atomic E-state index is 11.2. The zero-order valence-corrected chi connectivity index (χ0v) is 19.4. The number of guanidine groups is 1. The number of nitrogens with zero attached hydrogens (tertiary/aromatic N) is 2. The molecule has 0 radical (unpaired) electrons. The van der Waals surface area contributed by atoms with Gasteiger partial charge in [-0.05, 0) is 25.0 Å². The van der Waals surface area contributed by atoms with Crippen LogP contribution in [0.2, 0.25) is 0 Å². The topological polar surface area (TPSA) is 84.4 Å². The van der Waals surface area contributed by atoms with Gasteiger partial charge in [0.2, 0.25) is 5.91 Å².